The summed E-state index contributed by atoms with van der Waals surface area (Å²) in [5.41, 5.74) is 3.07. The van der Waals surface area contributed by atoms with Crippen molar-refractivity contribution in [2.75, 3.05) is 24.2 Å². The van der Waals surface area contributed by atoms with E-state index in [4.69, 9.17) is 0 Å². The minimum absolute atomic E-state index is 0.00417. The van der Waals surface area contributed by atoms with Gasteiger partial charge in [0.1, 0.15) is 12.1 Å². The highest BCUT2D eigenvalue weighted by Crippen LogP contribution is 2.24. The number of amides is 2. The Hall–Kier alpha value is -3.20. The fourth-order valence-corrected chi connectivity index (χ4v) is 4.83. The molecule has 0 bridgehead atoms. The van der Waals surface area contributed by atoms with Gasteiger partial charge in [0.25, 0.3) is 0 Å². The van der Waals surface area contributed by atoms with E-state index in [1.54, 1.807) is 17.3 Å². The molecule has 172 valence electrons. The van der Waals surface area contributed by atoms with Gasteiger partial charge in [-0.25, -0.2) is 4.98 Å². The van der Waals surface area contributed by atoms with Gasteiger partial charge in [-0.05, 0) is 49.9 Å². The number of anilines is 1. The number of pyridine rings is 1. The van der Waals surface area contributed by atoms with Gasteiger partial charge in [0.2, 0.25) is 11.8 Å². The summed E-state index contributed by atoms with van der Waals surface area (Å²) in [6, 6.07) is 13.6. The lowest BCUT2D eigenvalue weighted by molar-refractivity contribution is -0.132. The first-order valence-corrected chi connectivity index (χ1v) is 12.2. The van der Waals surface area contributed by atoms with E-state index < -0.39 is 0 Å². The average Bonchev–Trinajstić information content (AvgIpc) is 3.31. The standard InChI is InChI=1S/C24H28N6O2S/c1-3-18-9-4-5-11-20(18)30-16-25-28-24(30)33-15-22(31)29-13-7-10-19(14-29)23(32)27-21-12-6-8-17(2)26-21/h4-6,8-9,11-12,16,19H,3,7,10,13-15H2,1-2H3,(H,26,27,32). The lowest BCUT2D eigenvalue weighted by atomic mass is 9.97. The van der Waals surface area contributed by atoms with Crippen molar-refractivity contribution in [1.82, 2.24) is 24.6 Å². The molecule has 2 aromatic heterocycles. The van der Waals surface area contributed by atoms with Crippen LogP contribution in [0, 0.1) is 12.8 Å². The van der Waals surface area contributed by atoms with Crippen LogP contribution < -0.4 is 5.32 Å². The molecule has 4 rings (SSSR count). The van der Waals surface area contributed by atoms with E-state index in [0.29, 0.717) is 24.1 Å². The maximum atomic E-state index is 12.9. The number of carbonyl (C=O) groups is 2. The predicted molar refractivity (Wildman–Crippen MR) is 128 cm³/mol. The molecule has 3 heterocycles. The summed E-state index contributed by atoms with van der Waals surface area (Å²) in [5.74, 6) is 0.472. The number of hydrogen-bond donors (Lipinski definition) is 1. The van der Waals surface area contributed by atoms with Crippen molar-refractivity contribution in [3.05, 3.63) is 60.0 Å². The van der Waals surface area contributed by atoms with Crippen molar-refractivity contribution in [2.24, 2.45) is 5.92 Å². The second-order valence-electron chi connectivity index (χ2n) is 8.09. The Balaban J connectivity index is 1.36. The van der Waals surface area contributed by atoms with E-state index in [2.05, 4.69) is 33.5 Å². The van der Waals surface area contributed by atoms with E-state index in [1.807, 2.05) is 41.8 Å². The van der Waals surface area contributed by atoms with Gasteiger partial charge in [-0.2, -0.15) is 0 Å². The molecule has 0 radical (unpaired) electrons. The van der Waals surface area contributed by atoms with Crippen molar-refractivity contribution in [2.45, 2.75) is 38.3 Å². The molecular weight excluding hydrogens is 436 g/mol. The molecule has 0 aliphatic carbocycles. The number of rotatable bonds is 7. The van der Waals surface area contributed by atoms with Gasteiger partial charge in [0.15, 0.2) is 5.16 Å². The highest BCUT2D eigenvalue weighted by atomic mass is 32.2. The fraction of sp³-hybridized carbons (Fsp3) is 0.375. The molecular formula is C24H28N6O2S. The van der Waals surface area contributed by atoms with Gasteiger partial charge < -0.3 is 10.2 Å². The van der Waals surface area contributed by atoms with Crippen molar-refractivity contribution >= 4 is 29.4 Å². The number of hydrogen-bond acceptors (Lipinski definition) is 6. The number of carbonyl (C=O) groups excluding carboxylic acids is 2. The maximum absolute atomic E-state index is 12.9. The van der Waals surface area contributed by atoms with Crippen LogP contribution in [0.5, 0.6) is 0 Å². The number of nitrogens with one attached hydrogen (secondary N) is 1. The Morgan fingerprint density at radius 1 is 1.18 bits per heavy atom. The number of likely N-dealkylation sites (tertiary alicyclic amines) is 1. The minimum Gasteiger partial charge on any atom is -0.341 e. The third-order valence-corrected chi connectivity index (χ3v) is 6.69. The normalized spacial score (nSPS) is 15.9. The first-order valence-electron chi connectivity index (χ1n) is 11.2. The lowest BCUT2D eigenvalue weighted by Crippen LogP contribution is -2.44. The summed E-state index contributed by atoms with van der Waals surface area (Å²) in [5, 5.41) is 11.8. The van der Waals surface area contributed by atoms with Crippen molar-refractivity contribution < 1.29 is 9.59 Å². The van der Waals surface area contributed by atoms with Gasteiger partial charge in [-0.3, -0.25) is 14.2 Å². The number of aryl methyl sites for hydroxylation is 2. The van der Waals surface area contributed by atoms with Crippen molar-refractivity contribution in [3.63, 3.8) is 0 Å². The quantitative estimate of drug-likeness (QED) is 0.538. The summed E-state index contributed by atoms with van der Waals surface area (Å²) in [7, 11) is 0. The Morgan fingerprint density at radius 3 is 2.85 bits per heavy atom. The smallest absolute Gasteiger partial charge is 0.233 e. The summed E-state index contributed by atoms with van der Waals surface area (Å²) in [6.07, 6.45) is 4.14. The van der Waals surface area contributed by atoms with Crippen LogP contribution in [-0.4, -0.2) is 55.3 Å². The van der Waals surface area contributed by atoms with Gasteiger partial charge in [0, 0.05) is 18.8 Å². The topological polar surface area (TPSA) is 93.0 Å². The fourth-order valence-electron chi connectivity index (χ4n) is 4.01. The molecule has 1 aromatic carbocycles. The van der Waals surface area contributed by atoms with E-state index in [-0.39, 0.29) is 23.5 Å². The number of piperidine rings is 1. The summed E-state index contributed by atoms with van der Waals surface area (Å²) >= 11 is 1.37. The minimum atomic E-state index is -0.241. The molecule has 1 saturated heterocycles. The van der Waals surface area contributed by atoms with Crippen LogP contribution in [-0.2, 0) is 16.0 Å². The molecule has 0 spiro atoms. The maximum Gasteiger partial charge on any atom is 0.233 e. The van der Waals surface area contributed by atoms with Gasteiger partial charge in [0.05, 0.1) is 17.4 Å². The van der Waals surface area contributed by atoms with Crippen LogP contribution in [0.25, 0.3) is 5.69 Å². The zero-order chi connectivity index (χ0) is 23.2. The molecule has 1 N–H and O–H groups in total. The zero-order valence-corrected chi connectivity index (χ0v) is 19.7. The molecule has 1 aliphatic heterocycles. The molecule has 9 heteroatoms. The highest BCUT2D eigenvalue weighted by Gasteiger charge is 2.29. The monoisotopic (exact) mass is 464 g/mol. The lowest BCUT2D eigenvalue weighted by Gasteiger charge is -2.32. The summed E-state index contributed by atoms with van der Waals surface area (Å²) in [4.78, 5) is 31.8. The summed E-state index contributed by atoms with van der Waals surface area (Å²) < 4.78 is 1.93. The second-order valence-corrected chi connectivity index (χ2v) is 9.03. The Labute approximate surface area is 197 Å². The number of thioether (sulfide) groups is 1. The van der Waals surface area contributed by atoms with E-state index >= 15 is 0 Å². The van der Waals surface area contributed by atoms with Gasteiger partial charge >= 0.3 is 0 Å². The van der Waals surface area contributed by atoms with Gasteiger partial charge in [-0.1, -0.05) is 43.0 Å². The van der Waals surface area contributed by atoms with Crippen LogP contribution >= 0.6 is 11.8 Å². The van der Waals surface area contributed by atoms with Crippen LogP contribution in [0.3, 0.4) is 0 Å². The molecule has 8 nitrogen and oxygen atoms in total. The van der Waals surface area contributed by atoms with Crippen LogP contribution in [0.4, 0.5) is 5.82 Å². The summed E-state index contributed by atoms with van der Waals surface area (Å²) in [6.45, 7) is 5.08. The predicted octanol–water partition coefficient (Wildman–Crippen LogP) is 3.50. The number of benzene rings is 1. The van der Waals surface area contributed by atoms with E-state index in [1.165, 1.54) is 17.3 Å². The van der Waals surface area contributed by atoms with Crippen molar-refractivity contribution in [3.8, 4) is 5.69 Å². The van der Waals surface area contributed by atoms with Crippen LogP contribution in [0.2, 0.25) is 0 Å². The third-order valence-electron chi connectivity index (χ3n) is 5.76. The molecule has 1 fully saturated rings. The molecule has 1 aliphatic rings. The van der Waals surface area contributed by atoms with Crippen LogP contribution in [0.1, 0.15) is 31.0 Å². The molecule has 0 saturated carbocycles. The second kappa shape index (κ2) is 10.6. The van der Waals surface area contributed by atoms with E-state index in [9.17, 15) is 9.59 Å². The Morgan fingerprint density at radius 2 is 2.03 bits per heavy atom. The van der Waals surface area contributed by atoms with Gasteiger partial charge in [-0.15, -0.1) is 10.2 Å². The van der Waals surface area contributed by atoms with Crippen molar-refractivity contribution in [1.29, 1.82) is 0 Å². The number of nitrogens with zero attached hydrogens (tertiary/aromatic N) is 5. The highest BCUT2D eigenvalue weighted by molar-refractivity contribution is 7.99. The molecule has 1 unspecified atom stereocenters. The SMILES string of the molecule is CCc1ccccc1-n1cnnc1SCC(=O)N1CCCC(C(=O)Nc2cccc(C)n2)C1. The average molecular weight is 465 g/mol. The largest absolute Gasteiger partial charge is 0.341 e. The molecule has 3 aromatic rings. The van der Waals surface area contributed by atoms with E-state index in [0.717, 1.165) is 30.6 Å². The van der Waals surface area contributed by atoms with Crippen LogP contribution in [0.15, 0.2) is 53.9 Å². The molecule has 1 atom stereocenters. The zero-order valence-electron chi connectivity index (χ0n) is 18.9. The first-order chi connectivity index (χ1) is 16.0. The molecule has 33 heavy (non-hydrogen) atoms. The third kappa shape index (κ3) is 5.60. The Bertz CT molecular complexity index is 1130. The molecule has 2 amide bonds. The number of para-hydroxylation sites is 1. The first kappa shape index (κ1) is 23.0. The number of aromatic nitrogens is 4. The Kier molecular flexibility index (Phi) is 7.39.